The molecule has 0 saturated heterocycles. The molecule has 11 heteroatoms. The molecule has 0 unspecified atom stereocenters. The SMILES string of the molecule is O=C(N[C@@H](COc1ccc2[nH]c(=O)[nH]c2c1)C1CC1)c1cccn(Cc2cc(F)c(F)c(F)c2)c1=O. The number of benzene rings is 2. The van der Waals surface area contributed by atoms with Crippen molar-refractivity contribution >= 4 is 16.9 Å². The summed E-state index contributed by atoms with van der Waals surface area (Å²) in [4.78, 5) is 42.6. The topological polar surface area (TPSA) is 109 Å². The second kappa shape index (κ2) is 9.40. The number of carbonyl (C=O) groups excluding carboxylic acids is 1. The van der Waals surface area contributed by atoms with E-state index in [2.05, 4.69) is 15.3 Å². The lowest BCUT2D eigenvalue weighted by Crippen LogP contribution is -2.43. The summed E-state index contributed by atoms with van der Waals surface area (Å²) >= 11 is 0. The molecule has 0 aliphatic heterocycles. The van der Waals surface area contributed by atoms with Gasteiger partial charge in [0.15, 0.2) is 17.5 Å². The van der Waals surface area contributed by atoms with E-state index in [4.69, 9.17) is 4.74 Å². The van der Waals surface area contributed by atoms with E-state index in [-0.39, 0.29) is 41.9 Å². The molecule has 2 aromatic carbocycles. The first-order valence-electron chi connectivity index (χ1n) is 11.3. The zero-order valence-electron chi connectivity index (χ0n) is 18.8. The van der Waals surface area contributed by atoms with Crippen LogP contribution in [0.5, 0.6) is 5.75 Å². The van der Waals surface area contributed by atoms with Gasteiger partial charge < -0.3 is 24.6 Å². The highest BCUT2D eigenvalue weighted by molar-refractivity contribution is 5.94. The highest BCUT2D eigenvalue weighted by atomic mass is 19.2. The third-order valence-electron chi connectivity index (χ3n) is 6.09. The second-order valence-corrected chi connectivity index (χ2v) is 8.74. The maximum absolute atomic E-state index is 13.6. The van der Waals surface area contributed by atoms with Gasteiger partial charge in [0.25, 0.3) is 11.5 Å². The van der Waals surface area contributed by atoms with Crippen molar-refractivity contribution < 1.29 is 22.7 Å². The summed E-state index contributed by atoms with van der Waals surface area (Å²) < 4.78 is 47.3. The number of rotatable bonds is 8. The Morgan fingerprint density at radius 2 is 1.78 bits per heavy atom. The fourth-order valence-corrected chi connectivity index (χ4v) is 4.06. The quantitative estimate of drug-likeness (QED) is 0.325. The van der Waals surface area contributed by atoms with Crippen molar-refractivity contribution in [2.45, 2.75) is 25.4 Å². The Morgan fingerprint density at radius 3 is 2.50 bits per heavy atom. The van der Waals surface area contributed by atoms with Crippen molar-refractivity contribution in [1.29, 1.82) is 0 Å². The zero-order chi connectivity index (χ0) is 25.4. The summed E-state index contributed by atoms with van der Waals surface area (Å²) in [5, 5.41) is 2.85. The average molecular weight is 498 g/mol. The summed E-state index contributed by atoms with van der Waals surface area (Å²) in [5.41, 5.74) is 0.153. The first kappa shape index (κ1) is 23.5. The third-order valence-corrected chi connectivity index (χ3v) is 6.09. The van der Waals surface area contributed by atoms with Gasteiger partial charge >= 0.3 is 5.69 Å². The van der Waals surface area contributed by atoms with E-state index in [1.54, 1.807) is 18.2 Å². The molecule has 1 atom stereocenters. The predicted octanol–water partition coefficient (Wildman–Crippen LogP) is 3.07. The fraction of sp³-hybridized carbons (Fsp3) is 0.240. The number of pyridine rings is 1. The van der Waals surface area contributed by atoms with Crippen molar-refractivity contribution in [3.63, 3.8) is 0 Å². The van der Waals surface area contributed by atoms with Gasteiger partial charge in [0, 0.05) is 12.3 Å². The Bertz CT molecular complexity index is 1550. The van der Waals surface area contributed by atoms with Crippen LogP contribution in [-0.2, 0) is 6.54 Å². The normalized spacial score (nSPS) is 14.1. The van der Waals surface area contributed by atoms with Crippen LogP contribution in [0.4, 0.5) is 13.2 Å². The lowest BCUT2D eigenvalue weighted by Gasteiger charge is -2.19. The molecule has 0 spiro atoms. The van der Waals surface area contributed by atoms with Crippen LogP contribution in [0, 0.1) is 23.4 Å². The second-order valence-electron chi connectivity index (χ2n) is 8.74. The van der Waals surface area contributed by atoms with Crippen LogP contribution < -0.4 is 21.3 Å². The number of halogens is 3. The van der Waals surface area contributed by atoms with Gasteiger partial charge in [-0.1, -0.05) is 0 Å². The van der Waals surface area contributed by atoms with E-state index in [0.717, 1.165) is 29.5 Å². The summed E-state index contributed by atoms with van der Waals surface area (Å²) in [6, 6.07) is 9.18. The van der Waals surface area contributed by atoms with E-state index in [1.807, 2.05) is 0 Å². The number of H-pyrrole nitrogens is 2. The Kier molecular flexibility index (Phi) is 6.13. The van der Waals surface area contributed by atoms with Gasteiger partial charge in [-0.25, -0.2) is 18.0 Å². The molecule has 0 bridgehead atoms. The number of nitrogens with one attached hydrogen (secondary N) is 3. The molecule has 1 aliphatic carbocycles. The smallest absolute Gasteiger partial charge is 0.323 e. The molecule has 1 fully saturated rings. The minimum absolute atomic E-state index is 0.0380. The first-order valence-corrected chi connectivity index (χ1v) is 11.3. The van der Waals surface area contributed by atoms with Crippen molar-refractivity contribution in [3.05, 3.63) is 98.1 Å². The monoisotopic (exact) mass is 498 g/mol. The van der Waals surface area contributed by atoms with Gasteiger partial charge in [0.2, 0.25) is 0 Å². The van der Waals surface area contributed by atoms with Crippen LogP contribution in [-0.4, -0.2) is 33.1 Å². The van der Waals surface area contributed by atoms with Crippen molar-refractivity contribution in [1.82, 2.24) is 19.9 Å². The summed E-state index contributed by atoms with van der Waals surface area (Å²) in [6.07, 6.45) is 3.18. The van der Waals surface area contributed by atoms with E-state index in [1.165, 1.54) is 18.3 Å². The molecule has 36 heavy (non-hydrogen) atoms. The van der Waals surface area contributed by atoms with Crippen molar-refractivity contribution in [2.24, 2.45) is 5.92 Å². The number of fused-ring (bicyclic) bond motifs is 1. The average Bonchev–Trinajstić information content (AvgIpc) is 3.62. The molecule has 1 aliphatic rings. The van der Waals surface area contributed by atoms with Crippen LogP contribution in [0.25, 0.3) is 11.0 Å². The number of hydrogen-bond acceptors (Lipinski definition) is 4. The van der Waals surface area contributed by atoms with Crippen molar-refractivity contribution in [2.75, 3.05) is 6.61 Å². The Hall–Kier alpha value is -4.28. The number of carbonyl (C=O) groups is 1. The molecule has 1 amide bonds. The molecule has 186 valence electrons. The third kappa shape index (κ3) is 4.90. The molecule has 1 saturated carbocycles. The molecule has 2 heterocycles. The zero-order valence-corrected chi connectivity index (χ0v) is 18.8. The van der Waals surface area contributed by atoms with E-state index >= 15 is 0 Å². The molecule has 2 aromatic heterocycles. The Morgan fingerprint density at radius 1 is 1.06 bits per heavy atom. The molecular weight excluding hydrogens is 477 g/mol. The van der Waals surface area contributed by atoms with Crippen LogP contribution >= 0.6 is 0 Å². The minimum atomic E-state index is -1.59. The van der Waals surface area contributed by atoms with Gasteiger partial charge in [-0.3, -0.25) is 9.59 Å². The van der Waals surface area contributed by atoms with Gasteiger partial charge in [0.05, 0.1) is 23.6 Å². The van der Waals surface area contributed by atoms with E-state index in [9.17, 15) is 27.6 Å². The van der Waals surface area contributed by atoms with Crippen LogP contribution in [0.3, 0.4) is 0 Å². The Labute approximate surface area is 201 Å². The highest BCUT2D eigenvalue weighted by Crippen LogP contribution is 2.33. The van der Waals surface area contributed by atoms with Gasteiger partial charge in [-0.15, -0.1) is 0 Å². The molecular formula is C25H21F3N4O4. The maximum Gasteiger partial charge on any atom is 0.323 e. The number of aromatic nitrogens is 3. The summed E-state index contributed by atoms with van der Waals surface area (Å²) in [6.45, 7) is -0.0846. The molecule has 4 aromatic rings. The molecule has 3 N–H and O–H groups in total. The molecule has 5 rings (SSSR count). The number of imidazole rings is 1. The number of amides is 1. The standard InChI is InChI=1S/C25H21F3N4O4/c26-17-8-13(9-18(27)22(17)28)11-32-7-1-2-16(24(32)34)23(33)29-21(14-3-4-14)12-36-15-5-6-19-20(10-15)31-25(35)30-19/h1-2,5-10,14,21H,3-4,11-12H2,(H,29,33)(H2,30,31,35)/t21-/m0/s1. The number of aromatic amines is 2. The summed E-state index contributed by atoms with van der Waals surface area (Å²) in [5.74, 6) is -4.20. The number of ether oxygens (including phenoxy) is 1. The highest BCUT2D eigenvalue weighted by Gasteiger charge is 2.33. The lowest BCUT2D eigenvalue weighted by molar-refractivity contribution is 0.0912. The first-order chi connectivity index (χ1) is 17.3. The number of hydrogen-bond donors (Lipinski definition) is 3. The van der Waals surface area contributed by atoms with E-state index < -0.39 is 28.9 Å². The van der Waals surface area contributed by atoms with Crippen molar-refractivity contribution in [3.8, 4) is 5.75 Å². The van der Waals surface area contributed by atoms with Gasteiger partial charge in [-0.05, 0) is 60.7 Å². The lowest BCUT2D eigenvalue weighted by atomic mass is 10.1. The maximum atomic E-state index is 13.6. The van der Waals surface area contributed by atoms with Crippen LogP contribution in [0.15, 0.2) is 58.3 Å². The molecule has 0 radical (unpaired) electrons. The minimum Gasteiger partial charge on any atom is -0.491 e. The van der Waals surface area contributed by atoms with E-state index in [0.29, 0.717) is 16.8 Å². The molecule has 8 nitrogen and oxygen atoms in total. The van der Waals surface area contributed by atoms with Gasteiger partial charge in [-0.2, -0.15) is 0 Å². The number of nitrogens with zero attached hydrogens (tertiary/aromatic N) is 1. The fourth-order valence-electron chi connectivity index (χ4n) is 4.06. The van der Waals surface area contributed by atoms with Crippen LogP contribution in [0.2, 0.25) is 0 Å². The predicted molar refractivity (Wildman–Crippen MR) is 125 cm³/mol. The van der Waals surface area contributed by atoms with Gasteiger partial charge in [0.1, 0.15) is 17.9 Å². The summed E-state index contributed by atoms with van der Waals surface area (Å²) in [7, 11) is 0. The van der Waals surface area contributed by atoms with Crippen LogP contribution in [0.1, 0.15) is 28.8 Å². The largest absolute Gasteiger partial charge is 0.491 e. The Balaban J connectivity index is 1.29.